The molecule has 0 aliphatic carbocycles. The van der Waals surface area contributed by atoms with Crippen LogP contribution in [0.1, 0.15) is 38.8 Å². The molecule has 2 saturated heterocycles. The molecule has 50 heavy (non-hydrogen) atoms. The zero-order valence-corrected chi connectivity index (χ0v) is 28.1. The summed E-state index contributed by atoms with van der Waals surface area (Å²) < 4.78 is 19.6. The predicted octanol–water partition coefficient (Wildman–Crippen LogP) is 2.97. The van der Waals surface area contributed by atoms with E-state index in [1.807, 2.05) is 36.4 Å². The molecule has 16 nitrogen and oxygen atoms in total. The van der Waals surface area contributed by atoms with Crippen molar-refractivity contribution in [2.24, 2.45) is 11.8 Å². The van der Waals surface area contributed by atoms with Gasteiger partial charge >= 0.3 is 24.4 Å². The zero-order chi connectivity index (χ0) is 36.8. The molecule has 0 saturated carbocycles. The average molecular weight is 697 g/mol. The molecular formula is C34H40N4O12. The van der Waals surface area contributed by atoms with Crippen LogP contribution < -0.4 is 10.6 Å². The number of rotatable bonds is 12. The molecule has 4 rings (SSSR count). The van der Waals surface area contributed by atoms with Gasteiger partial charge in [0.2, 0.25) is 11.8 Å². The van der Waals surface area contributed by atoms with Crippen LogP contribution in [0.25, 0.3) is 0 Å². The molecular weight excluding hydrogens is 656 g/mol. The van der Waals surface area contributed by atoms with Gasteiger partial charge in [0.15, 0.2) is 0 Å². The molecule has 2 aliphatic heterocycles. The normalized spacial score (nSPS) is 15.9. The number of benzene rings is 2. The number of nitrogens with zero attached hydrogens (tertiary/aromatic N) is 2. The fourth-order valence-corrected chi connectivity index (χ4v) is 5.07. The molecule has 2 aliphatic rings. The molecule has 2 N–H and O–H groups in total. The highest BCUT2D eigenvalue weighted by molar-refractivity contribution is 6.07. The van der Waals surface area contributed by atoms with Crippen LogP contribution in [0.3, 0.4) is 0 Å². The minimum absolute atomic E-state index is 0.0660. The Balaban J connectivity index is 0.000000270. The van der Waals surface area contributed by atoms with Crippen molar-refractivity contribution in [2.45, 2.75) is 53.0 Å². The van der Waals surface area contributed by atoms with Gasteiger partial charge in [-0.15, -0.1) is 0 Å². The van der Waals surface area contributed by atoms with Crippen LogP contribution in [0, 0.1) is 11.8 Å². The highest BCUT2D eigenvalue weighted by Crippen LogP contribution is 2.16. The summed E-state index contributed by atoms with van der Waals surface area (Å²) in [7, 11) is 0. The van der Waals surface area contributed by atoms with Gasteiger partial charge in [-0.25, -0.2) is 29.0 Å². The number of alkyl carbamates (subject to hydrolysis) is 2. The van der Waals surface area contributed by atoms with Gasteiger partial charge in [0, 0.05) is 12.1 Å². The maximum atomic E-state index is 12.4. The number of carbonyl (C=O) groups is 8. The molecule has 0 radical (unpaired) electrons. The average Bonchev–Trinajstić information content (AvgIpc) is 3.71. The van der Waals surface area contributed by atoms with E-state index in [4.69, 9.17) is 18.9 Å². The second-order valence-corrected chi connectivity index (χ2v) is 11.4. The third-order valence-corrected chi connectivity index (χ3v) is 7.58. The summed E-state index contributed by atoms with van der Waals surface area (Å²) in [6.45, 7) is 5.98. The van der Waals surface area contributed by atoms with Gasteiger partial charge in [-0.3, -0.25) is 19.2 Å². The molecule has 4 atom stereocenters. The summed E-state index contributed by atoms with van der Waals surface area (Å²) >= 11 is 0. The Kier molecular flexibility index (Phi) is 14.4. The second kappa shape index (κ2) is 18.7. The summed E-state index contributed by atoms with van der Waals surface area (Å²) in [4.78, 5) is 97.1. The Morgan fingerprint density at radius 3 is 1.26 bits per heavy atom. The monoisotopic (exact) mass is 696 g/mol. The van der Waals surface area contributed by atoms with Crippen LogP contribution in [-0.2, 0) is 51.3 Å². The van der Waals surface area contributed by atoms with E-state index in [1.165, 1.54) is 27.7 Å². The molecule has 2 fully saturated rings. The van der Waals surface area contributed by atoms with Gasteiger partial charge in [-0.1, -0.05) is 60.7 Å². The maximum absolute atomic E-state index is 12.4. The highest BCUT2D eigenvalue weighted by atomic mass is 16.6. The third-order valence-electron chi connectivity index (χ3n) is 7.58. The van der Waals surface area contributed by atoms with Crippen molar-refractivity contribution in [1.82, 2.24) is 20.4 Å². The summed E-state index contributed by atoms with van der Waals surface area (Å²) in [5, 5.41) is 4.94. The molecule has 0 bridgehead atoms. The van der Waals surface area contributed by atoms with Crippen molar-refractivity contribution in [3.63, 3.8) is 0 Å². The first-order valence-corrected chi connectivity index (χ1v) is 15.7. The van der Waals surface area contributed by atoms with Crippen molar-refractivity contribution in [2.75, 3.05) is 26.3 Å². The molecule has 2 heterocycles. The van der Waals surface area contributed by atoms with Crippen LogP contribution in [-0.4, -0.2) is 95.9 Å². The maximum Gasteiger partial charge on any atom is 0.416 e. The van der Waals surface area contributed by atoms with E-state index in [0.717, 1.165) is 20.9 Å². The number of ketones is 2. The van der Waals surface area contributed by atoms with Gasteiger partial charge in [0.05, 0.1) is 13.1 Å². The van der Waals surface area contributed by atoms with Crippen LogP contribution >= 0.6 is 0 Å². The first kappa shape index (κ1) is 38.6. The molecule has 2 aromatic carbocycles. The number of nitrogens with one attached hydrogen (secondary N) is 2. The number of cyclic esters (lactones) is 2. The smallest absolute Gasteiger partial charge is 0.416 e. The summed E-state index contributed by atoms with van der Waals surface area (Å²) in [5.41, 5.74) is 1.62. The molecule has 0 aromatic heterocycles. The van der Waals surface area contributed by atoms with E-state index >= 15 is 0 Å². The number of carbonyl (C=O) groups excluding carboxylic acids is 8. The van der Waals surface area contributed by atoms with E-state index in [1.54, 1.807) is 24.3 Å². The van der Waals surface area contributed by atoms with Gasteiger partial charge in [0.1, 0.15) is 49.8 Å². The van der Waals surface area contributed by atoms with E-state index in [0.29, 0.717) is 0 Å². The number of imide groups is 2. The van der Waals surface area contributed by atoms with Crippen LogP contribution in [0.4, 0.5) is 19.2 Å². The van der Waals surface area contributed by atoms with Crippen molar-refractivity contribution >= 4 is 47.8 Å². The van der Waals surface area contributed by atoms with Crippen molar-refractivity contribution < 1.29 is 57.3 Å². The highest BCUT2D eigenvalue weighted by Gasteiger charge is 2.40. The number of amides is 6. The molecule has 268 valence electrons. The van der Waals surface area contributed by atoms with E-state index in [9.17, 15) is 38.4 Å². The first-order chi connectivity index (χ1) is 23.8. The van der Waals surface area contributed by atoms with E-state index in [-0.39, 0.29) is 39.5 Å². The number of hydrogen-bond donors (Lipinski definition) is 2. The lowest BCUT2D eigenvalue weighted by Gasteiger charge is -2.24. The lowest BCUT2D eigenvalue weighted by Crippen LogP contribution is -2.49. The van der Waals surface area contributed by atoms with Gasteiger partial charge in [-0.2, -0.15) is 0 Å². The Bertz CT molecular complexity index is 1440. The first-order valence-electron chi connectivity index (χ1n) is 15.7. The summed E-state index contributed by atoms with van der Waals surface area (Å²) in [5.74, 6) is -4.66. The standard InChI is InChI=1S/2C17H20N2O6/c2*1-11(18-16(22)25-10-13-6-4-3-5-7-13)14(12(2)20)15(21)19-8-9-24-17(19)23/h2*3-7,11,14H,8-10H2,1-2H3,(H,18,22)/t11-,14+;11-,14-/m00/s1. The van der Waals surface area contributed by atoms with Crippen molar-refractivity contribution in [1.29, 1.82) is 0 Å². The van der Waals surface area contributed by atoms with Crippen LogP contribution in [0.15, 0.2) is 60.7 Å². The number of ether oxygens (including phenoxy) is 4. The zero-order valence-electron chi connectivity index (χ0n) is 28.1. The predicted molar refractivity (Wildman–Crippen MR) is 173 cm³/mol. The minimum Gasteiger partial charge on any atom is -0.447 e. The van der Waals surface area contributed by atoms with Crippen molar-refractivity contribution in [3.05, 3.63) is 71.8 Å². The lowest BCUT2D eigenvalue weighted by atomic mass is 9.95. The molecule has 16 heteroatoms. The fraction of sp³-hybridized carbons (Fsp3) is 0.412. The van der Waals surface area contributed by atoms with E-state index < -0.39 is 71.7 Å². The molecule has 2 aromatic rings. The number of Topliss-reactive ketones (excluding diaryl/α,β-unsaturated/α-hetero) is 2. The van der Waals surface area contributed by atoms with E-state index in [2.05, 4.69) is 10.6 Å². The molecule has 6 amide bonds. The van der Waals surface area contributed by atoms with Crippen LogP contribution in [0.2, 0.25) is 0 Å². The SMILES string of the molecule is CC(=O)[C@@H](C(=O)N1CCOC1=O)[C@H](C)NC(=O)OCc1ccccc1.CC(=O)[C@H](C(=O)N1CCOC1=O)[C@H](C)NC(=O)OCc1ccccc1. The van der Waals surface area contributed by atoms with Gasteiger partial charge < -0.3 is 29.6 Å². The Hall–Kier alpha value is -5.80. The van der Waals surface area contributed by atoms with Crippen molar-refractivity contribution in [3.8, 4) is 0 Å². The Morgan fingerprint density at radius 2 is 0.980 bits per heavy atom. The van der Waals surface area contributed by atoms with Crippen LogP contribution in [0.5, 0.6) is 0 Å². The molecule has 0 spiro atoms. The Labute approximate surface area is 288 Å². The topological polar surface area (TPSA) is 204 Å². The summed E-state index contributed by atoms with van der Waals surface area (Å²) in [6.07, 6.45) is -3.07. The third kappa shape index (κ3) is 11.1. The Morgan fingerprint density at radius 1 is 0.640 bits per heavy atom. The second-order valence-electron chi connectivity index (χ2n) is 11.4. The largest absolute Gasteiger partial charge is 0.447 e. The molecule has 0 unspecified atom stereocenters. The van der Waals surface area contributed by atoms with Gasteiger partial charge in [-0.05, 0) is 38.8 Å². The lowest BCUT2D eigenvalue weighted by molar-refractivity contribution is -0.140. The van der Waals surface area contributed by atoms with Gasteiger partial charge in [0.25, 0.3) is 0 Å². The number of hydrogen-bond acceptors (Lipinski definition) is 12. The minimum atomic E-state index is -1.19. The quantitative estimate of drug-likeness (QED) is 0.243. The summed E-state index contributed by atoms with van der Waals surface area (Å²) in [6, 6.07) is 16.5. The fourth-order valence-electron chi connectivity index (χ4n) is 5.07.